The van der Waals surface area contributed by atoms with Crippen LogP contribution in [0.2, 0.25) is 0 Å². The SMILES string of the molecule is CC(C)CC(C)(OC(C)(CC(C)C)c1ccccc1)c1ccccc1. The summed E-state index contributed by atoms with van der Waals surface area (Å²) in [4.78, 5) is 0. The quantitative estimate of drug-likeness (QED) is 0.507. The summed E-state index contributed by atoms with van der Waals surface area (Å²) >= 11 is 0. The molecule has 0 aliphatic heterocycles. The lowest BCUT2D eigenvalue weighted by Gasteiger charge is -2.43. The molecule has 0 bridgehead atoms. The summed E-state index contributed by atoms with van der Waals surface area (Å²) in [6, 6.07) is 21.4. The Bertz CT molecular complexity index is 574. The molecule has 136 valence electrons. The summed E-state index contributed by atoms with van der Waals surface area (Å²) in [6.45, 7) is 13.6. The Kier molecular flexibility index (Phi) is 6.46. The smallest absolute Gasteiger partial charge is 0.0917 e. The van der Waals surface area contributed by atoms with E-state index in [0.29, 0.717) is 11.8 Å². The Balaban J connectivity index is 2.45. The summed E-state index contributed by atoms with van der Waals surface area (Å²) in [5, 5.41) is 0. The molecule has 0 spiro atoms. The molecule has 0 fully saturated rings. The molecule has 2 aromatic rings. The second-order valence-corrected chi connectivity index (χ2v) is 8.49. The van der Waals surface area contributed by atoms with Gasteiger partial charge in [-0.1, -0.05) is 88.4 Å². The van der Waals surface area contributed by atoms with Gasteiger partial charge in [0, 0.05) is 0 Å². The Morgan fingerprint density at radius 3 is 1.24 bits per heavy atom. The van der Waals surface area contributed by atoms with E-state index in [0.717, 1.165) is 12.8 Å². The molecule has 0 aliphatic carbocycles. The van der Waals surface area contributed by atoms with Gasteiger partial charge in [-0.25, -0.2) is 0 Å². The topological polar surface area (TPSA) is 9.23 Å². The maximum absolute atomic E-state index is 7.02. The molecule has 0 N–H and O–H groups in total. The van der Waals surface area contributed by atoms with Crippen molar-refractivity contribution in [3.63, 3.8) is 0 Å². The van der Waals surface area contributed by atoms with E-state index in [-0.39, 0.29) is 11.2 Å². The van der Waals surface area contributed by atoms with E-state index >= 15 is 0 Å². The van der Waals surface area contributed by atoms with Crippen LogP contribution in [0.15, 0.2) is 60.7 Å². The minimum Gasteiger partial charge on any atom is -0.360 e. The second-order valence-electron chi connectivity index (χ2n) is 8.49. The van der Waals surface area contributed by atoms with Crippen LogP contribution in [0.25, 0.3) is 0 Å². The van der Waals surface area contributed by atoms with Gasteiger partial charge in [0.1, 0.15) is 0 Å². The molecular formula is C24H34O. The molecule has 0 aliphatic rings. The maximum Gasteiger partial charge on any atom is 0.0917 e. The highest BCUT2D eigenvalue weighted by Crippen LogP contribution is 2.43. The monoisotopic (exact) mass is 338 g/mol. The van der Waals surface area contributed by atoms with E-state index in [4.69, 9.17) is 4.74 Å². The van der Waals surface area contributed by atoms with Gasteiger partial charge in [-0.2, -0.15) is 0 Å². The van der Waals surface area contributed by atoms with E-state index in [1.807, 2.05) is 0 Å². The second kappa shape index (κ2) is 8.19. The average molecular weight is 339 g/mol. The molecule has 2 aromatic carbocycles. The number of hydrogen-bond donors (Lipinski definition) is 0. The predicted molar refractivity (Wildman–Crippen MR) is 108 cm³/mol. The zero-order chi connectivity index (χ0) is 18.5. The zero-order valence-electron chi connectivity index (χ0n) is 16.8. The van der Waals surface area contributed by atoms with Crippen molar-refractivity contribution in [2.45, 2.75) is 65.6 Å². The van der Waals surface area contributed by atoms with Crippen molar-refractivity contribution in [2.75, 3.05) is 0 Å². The van der Waals surface area contributed by atoms with Gasteiger partial charge in [0.05, 0.1) is 11.2 Å². The lowest BCUT2D eigenvalue weighted by Crippen LogP contribution is -2.39. The van der Waals surface area contributed by atoms with Crippen molar-refractivity contribution >= 4 is 0 Å². The van der Waals surface area contributed by atoms with Crippen LogP contribution in [0, 0.1) is 11.8 Å². The molecule has 1 heteroatoms. The third-order valence-corrected chi connectivity index (χ3v) is 4.81. The average Bonchev–Trinajstić information content (AvgIpc) is 2.55. The van der Waals surface area contributed by atoms with Gasteiger partial charge in [-0.15, -0.1) is 0 Å². The molecule has 25 heavy (non-hydrogen) atoms. The molecule has 0 aromatic heterocycles. The van der Waals surface area contributed by atoms with Crippen molar-refractivity contribution in [3.05, 3.63) is 71.8 Å². The molecule has 0 saturated carbocycles. The van der Waals surface area contributed by atoms with Gasteiger partial charge in [0.25, 0.3) is 0 Å². The van der Waals surface area contributed by atoms with Crippen LogP contribution in [0.5, 0.6) is 0 Å². The first-order valence-electron chi connectivity index (χ1n) is 9.56. The van der Waals surface area contributed by atoms with Gasteiger partial charge < -0.3 is 4.74 Å². The first-order valence-corrected chi connectivity index (χ1v) is 9.56. The van der Waals surface area contributed by atoms with E-state index in [9.17, 15) is 0 Å². The van der Waals surface area contributed by atoms with Crippen LogP contribution in [-0.4, -0.2) is 0 Å². The first-order chi connectivity index (χ1) is 11.8. The van der Waals surface area contributed by atoms with E-state index in [1.54, 1.807) is 0 Å². The molecule has 0 saturated heterocycles. The van der Waals surface area contributed by atoms with Crippen molar-refractivity contribution in [2.24, 2.45) is 11.8 Å². The normalized spacial score (nSPS) is 16.6. The fourth-order valence-electron chi connectivity index (χ4n) is 4.07. The molecule has 2 atom stereocenters. The number of hydrogen-bond acceptors (Lipinski definition) is 1. The minimum absolute atomic E-state index is 0.311. The number of ether oxygens (including phenoxy) is 1. The van der Waals surface area contributed by atoms with Crippen LogP contribution in [-0.2, 0) is 15.9 Å². The lowest BCUT2D eigenvalue weighted by atomic mass is 9.82. The van der Waals surface area contributed by atoms with Crippen LogP contribution < -0.4 is 0 Å². The maximum atomic E-state index is 7.02. The summed E-state index contributed by atoms with van der Waals surface area (Å²) in [6.07, 6.45) is 2.00. The van der Waals surface area contributed by atoms with E-state index < -0.39 is 0 Å². The van der Waals surface area contributed by atoms with Crippen molar-refractivity contribution in [3.8, 4) is 0 Å². The highest BCUT2D eigenvalue weighted by molar-refractivity contribution is 5.26. The minimum atomic E-state index is -0.311. The lowest BCUT2D eigenvalue weighted by molar-refractivity contribution is -0.167. The van der Waals surface area contributed by atoms with E-state index in [2.05, 4.69) is 102 Å². The van der Waals surface area contributed by atoms with Gasteiger partial charge in [0.2, 0.25) is 0 Å². The Morgan fingerprint density at radius 1 is 0.640 bits per heavy atom. The summed E-state index contributed by atoms with van der Waals surface area (Å²) in [7, 11) is 0. The predicted octanol–water partition coefficient (Wildman–Crippen LogP) is 6.93. The molecule has 0 amide bonds. The zero-order valence-corrected chi connectivity index (χ0v) is 16.8. The molecule has 2 unspecified atom stereocenters. The largest absolute Gasteiger partial charge is 0.360 e. The number of benzene rings is 2. The Morgan fingerprint density at radius 2 is 0.960 bits per heavy atom. The third-order valence-electron chi connectivity index (χ3n) is 4.81. The highest BCUT2D eigenvalue weighted by Gasteiger charge is 2.39. The Labute approximate surface area is 154 Å². The Hall–Kier alpha value is -1.60. The standard InChI is InChI=1S/C24H34O/c1-19(2)17-23(5,21-13-9-7-10-14-21)25-24(6,18-20(3)4)22-15-11-8-12-16-22/h7-16,19-20H,17-18H2,1-6H3. The van der Waals surface area contributed by atoms with Gasteiger partial charge >= 0.3 is 0 Å². The number of rotatable bonds is 8. The van der Waals surface area contributed by atoms with Crippen molar-refractivity contribution < 1.29 is 4.74 Å². The van der Waals surface area contributed by atoms with Gasteiger partial charge in [-0.05, 0) is 49.7 Å². The van der Waals surface area contributed by atoms with Crippen LogP contribution in [0.3, 0.4) is 0 Å². The summed E-state index contributed by atoms with van der Waals surface area (Å²) < 4.78 is 7.02. The molecule has 0 heterocycles. The molecule has 2 rings (SSSR count). The first kappa shape index (κ1) is 19.7. The van der Waals surface area contributed by atoms with Crippen LogP contribution in [0.4, 0.5) is 0 Å². The fourth-order valence-corrected chi connectivity index (χ4v) is 4.07. The fraction of sp³-hybridized carbons (Fsp3) is 0.500. The molecule has 1 nitrogen and oxygen atoms in total. The van der Waals surface area contributed by atoms with Crippen molar-refractivity contribution in [1.29, 1.82) is 0 Å². The third kappa shape index (κ3) is 5.19. The molecular weight excluding hydrogens is 304 g/mol. The summed E-state index contributed by atoms with van der Waals surface area (Å²) in [5.41, 5.74) is 1.90. The van der Waals surface area contributed by atoms with Gasteiger partial charge in [0.15, 0.2) is 0 Å². The summed E-state index contributed by atoms with van der Waals surface area (Å²) in [5.74, 6) is 1.12. The van der Waals surface area contributed by atoms with Gasteiger partial charge in [-0.3, -0.25) is 0 Å². The van der Waals surface area contributed by atoms with Crippen LogP contribution in [0.1, 0.15) is 65.5 Å². The highest BCUT2D eigenvalue weighted by atomic mass is 16.5. The van der Waals surface area contributed by atoms with Crippen LogP contribution >= 0.6 is 0 Å². The van der Waals surface area contributed by atoms with E-state index in [1.165, 1.54) is 11.1 Å². The van der Waals surface area contributed by atoms with Crippen molar-refractivity contribution in [1.82, 2.24) is 0 Å². The molecule has 0 radical (unpaired) electrons.